The van der Waals surface area contributed by atoms with Gasteiger partial charge in [0.25, 0.3) is 0 Å². The van der Waals surface area contributed by atoms with Crippen LogP contribution in [0, 0.1) is 0 Å². The summed E-state index contributed by atoms with van der Waals surface area (Å²) in [4.78, 5) is 4.02. The largest absolute Gasteiger partial charge is 0.399 e. The molecule has 5 nitrogen and oxygen atoms in total. The summed E-state index contributed by atoms with van der Waals surface area (Å²) >= 11 is 1.36. The molecule has 1 heterocycles. The number of nitrogen functional groups attached to an aromatic ring is 1. The summed E-state index contributed by atoms with van der Waals surface area (Å²) in [7, 11) is -1.72. The average molecular weight is 269 g/mol. The molecule has 3 N–H and O–H groups in total. The van der Waals surface area contributed by atoms with Gasteiger partial charge >= 0.3 is 7.52 Å². The number of thiazole rings is 1. The van der Waals surface area contributed by atoms with E-state index in [1.165, 1.54) is 18.4 Å². The molecule has 0 spiro atoms. The number of hydrogen-bond donors (Lipinski definition) is 2. The third-order valence-electron chi connectivity index (χ3n) is 2.17. The number of rotatable bonds is 4. The molecule has 1 aromatic heterocycles. The van der Waals surface area contributed by atoms with E-state index in [4.69, 9.17) is 10.3 Å². The Kier molecular flexibility index (Phi) is 3.47. The second kappa shape index (κ2) is 4.87. The Bertz CT molecular complexity index is 527. The molecule has 2 aromatic rings. The van der Waals surface area contributed by atoms with Gasteiger partial charge in [-0.3, -0.25) is 9.65 Å². The molecule has 90 valence electrons. The van der Waals surface area contributed by atoms with Crippen LogP contribution in [0.3, 0.4) is 0 Å². The lowest BCUT2D eigenvalue weighted by Crippen LogP contribution is -2.13. The van der Waals surface area contributed by atoms with E-state index in [1.54, 1.807) is 35.8 Å². The van der Waals surface area contributed by atoms with Crippen LogP contribution in [0.4, 0.5) is 10.8 Å². The quantitative estimate of drug-likeness (QED) is 0.658. The van der Waals surface area contributed by atoms with Crippen LogP contribution in [0.25, 0.3) is 0 Å². The third-order valence-corrected chi connectivity index (χ3v) is 5.00. The molecule has 0 aliphatic carbocycles. The van der Waals surface area contributed by atoms with Crippen LogP contribution in [0.1, 0.15) is 0 Å². The SMILES string of the molecule is CO[P@@](=O)(Nc1nccs1)c1ccc(N)cc1. The minimum absolute atomic E-state index is 0.560. The van der Waals surface area contributed by atoms with Gasteiger partial charge in [0.1, 0.15) is 0 Å². The van der Waals surface area contributed by atoms with Crippen LogP contribution >= 0.6 is 18.9 Å². The number of hydrogen-bond acceptors (Lipinski definition) is 5. The second-order valence-corrected chi connectivity index (χ2v) is 6.38. The Morgan fingerprint density at radius 2 is 2.12 bits per heavy atom. The van der Waals surface area contributed by atoms with Crippen LogP contribution in [-0.4, -0.2) is 12.1 Å². The molecule has 7 heteroatoms. The number of aromatic nitrogens is 1. The predicted octanol–water partition coefficient (Wildman–Crippen LogP) is 2.30. The van der Waals surface area contributed by atoms with Gasteiger partial charge in [0, 0.05) is 24.4 Å². The van der Waals surface area contributed by atoms with Crippen molar-refractivity contribution in [3.8, 4) is 0 Å². The zero-order chi connectivity index (χ0) is 12.3. The van der Waals surface area contributed by atoms with Crippen LogP contribution in [0.2, 0.25) is 0 Å². The van der Waals surface area contributed by atoms with E-state index >= 15 is 0 Å². The molecular formula is C10H12N3O2PS. The Hall–Kier alpha value is -1.36. The first-order valence-corrected chi connectivity index (χ1v) is 7.34. The van der Waals surface area contributed by atoms with Gasteiger partial charge in [-0.25, -0.2) is 4.98 Å². The van der Waals surface area contributed by atoms with E-state index in [0.717, 1.165) is 0 Å². The van der Waals surface area contributed by atoms with Gasteiger partial charge < -0.3 is 10.3 Å². The molecule has 0 radical (unpaired) electrons. The standard InChI is InChI=1S/C10H12N3O2PS/c1-15-16(14,13-10-12-6-7-17-10)9-4-2-8(11)3-5-9/h2-7H,11H2,1H3,(H,12,13,14)/t16-/m1/s1. The van der Waals surface area contributed by atoms with E-state index in [-0.39, 0.29) is 0 Å². The highest BCUT2D eigenvalue weighted by Crippen LogP contribution is 2.45. The van der Waals surface area contributed by atoms with E-state index in [0.29, 0.717) is 16.1 Å². The van der Waals surface area contributed by atoms with Crippen molar-refractivity contribution in [1.82, 2.24) is 4.98 Å². The Balaban J connectivity index is 2.31. The summed E-state index contributed by atoms with van der Waals surface area (Å²) in [5.74, 6) is 0. The average Bonchev–Trinajstić information content (AvgIpc) is 2.82. The molecule has 0 aliphatic rings. The van der Waals surface area contributed by atoms with Crippen molar-refractivity contribution in [3.05, 3.63) is 35.8 Å². The van der Waals surface area contributed by atoms with Crippen molar-refractivity contribution >= 4 is 35.0 Å². The molecule has 0 saturated carbocycles. The normalized spacial score (nSPS) is 14.2. The minimum Gasteiger partial charge on any atom is -0.399 e. The highest BCUT2D eigenvalue weighted by molar-refractivity contribution is 7.68. The Morgan fingerprint density at radius 3 is 2.65 bits per heavy atom. The molecule has 0 fully saturated rings. The lowest BCUT2D eigenvalue weighted by atomic mass is 10.3. The van der Waals surface area contributed by atoms with E-state index in [1.807, 2.05) is 0 Å². The van der Waals surface area contributed by atoms with Gasteiger partial charge in [-0.1, -0.05) is 0 Å². The molecular weight excluding hydrogens is 257 g/mol. The van der Waals surface area contributed by atoms with Crippen LogP contribution in [0.15, 0.2) is 35.8 Å². The van der Waals surface area contributed by atoms with Gasteiger partial charge in [0.15, 0.2) is 5.13 Å². The number of nitrogens with two attached hydrogens (primary N) is 1. The maximum Gasteiger partial charge on any atom is 0.325 e. The van der Waals surface area contributed by atoms with Crippen molar-refractivity contribution in [3.63, 3.8) is 0 Å². The molecule has 0 unspecified atom stereocenters. The van der Waals surface area contributed by atoms with Crippen LogP contribution in [-0.2, 0) is 9.09 Å². The van der Waals surface area contributed by atoms with E-state index in [2.05, 4.69) is 10.1 Å². The first-order valence-electron chi connectivity index (χ1n) is 4.84. The maximum absolute atomic E-state index is 12.6. The van der Waals surface area contributed by atoms with Gasteiger partial charge in [-0.15, -0.1) is 11.3 Å². The van der Waals surface area contributed by atoms with Crippen LogP contribution < -0.4 is 16.1 Å². The molecule has 0 aliphatic heterocycles. The fourth-order valence-electron chi connectivity index (χ4n) is 1.29. The van der Waals surface area contributed by atoms with Crippen molar-refractivity contribution < 1.29 is 9.09 Å². The van der Waals surface area contributed by atoms with Crippen molar-refractivity contribution in [2.45, 2.75) is 0 Å². The summed E-state index contributed by atoms with van der Waals surface area (Å²) in [6.45, 7) is 0. The fraction of sp³-hybridized carbons (Fsp3) is 0.100. The van der Waals surface area contributed by atoms with Crippen molar-refractivity contribution in [2.24, 2.45) is 0 Å². The summed E-state index contributed by atoms with van der Waals surface area (Å²) < 4.78 is 17.7. The molecule has 0 saturated heterocycles. The van der Waals surface area contributed by atoms with E-state index < -0.39 is 7.52 Å². The molecule has 2 rings (SSSR count). The topological polar surface area (TPSA) is 77.2 Å². The molecule has 1 atom stereocenters. The smallest absolute Gasteiger partial charge is 0.325 e. The fourth-order valence-corrected chi connectivity index (χ4v) is 3.52. The summed E-state index contributed by atoms with van der Waals surface area (Å²) in [5, 5.41) is 5.74. The highest BCUT2D eigenvalue weighted by Gasteiger charge is 2.25. The monoisotopic (exact) mass is 269 g/mol. The van der Waals surface area contributed by atoms with Crippen molar-refractivity contribution in [2.75, 3.05) is 17.9 Å². The second-order valence-electron chi connectivity index (χ2n) is 3.27. The Labute approximate surface area is 103 Å². The lowest BCUT2D eigenvalue weighted by Gasteiger charge is -2.16. The molecule has 17 heavy (non-hydrogen) atoms. The first-order chi connectivity index (χ1) is 8.14. The summed E-state index contributed by atoms with van der Waals surface area (Å²) in [6, 6.07) is 6.73. The predicted molar refractivity (Wildman–Crippen MR) is 70.8 cm³/mol. The first kappa shape index (κ1) is 12.1. The Morgan fingerprint density at radius 1 is 1.41 bits per heavy atom. The lowest BCUT2D eigenvalue weighted by molar-refractivity contribution is 0.408. The number of nitrogens with one attached hydrogen (secondary N) is 1. The van der Waals surface area contributed by atoms with Gasteiger partial charge in [-0.05, 0) is 24.3 Å². The van der Waals surface area contributed by atoms with Gasteiger partial charge in [0.05, 0.1) is 5.30 Å². The number of nitrogens with zero attached hydrogens (tertiary/aromatic N) is 1. The molecule has 0 bridgehead atoms. The summed E-state index contributed by atoms with van der Waals surface area (Å²) in [6.07, 6.45) is 1.63. The highest BCUT2D eigenvalue weighted by atomic mass is 32.1. The minimum atomic E-state index is -3.12. The molecule has 1 aromatic carbocycles. The van der Waals surface area contributed by atoms with Gasteiger partial charge in [-0.2, -0.15) is 0 Å². The summed E-state index contributed by atoms with van der Waals surface area (Å²) in [5.41, 5.74) is 6.20. The molecule has 0 amide bonds. The maximum atomic E-state index is 12.6. The zero-order valence-corrected chi connectivity index (χ0v) is 10.9. The number of benzene rings is 1. The van der Waals surface area contributed by atoms with Crippen LogP contribution in [0.5, 0.6) is 0 Å². The van der Waals surface area contributed by atoms with E-state index in [9.17, 15) is 4.57 Å². The van der Waals surface area contributed by atoms with Gasteiger partial charge in [0.2, 0.25) is 0 Å². The zero-order valence-electron chi connectivity index (χ0n) is 9.16. The third kappa shape index (κ3) is 2.66. The number of anilines is 2. The van der Waals surface area contributed by atoms with Crippen molar-refractivity contribution in [1.29, 1.82) is 0 Å².